The Labute approximate surface area is 100 Å². The van der Waals surface area contributed by atoms with Gasteiger partial charge in [-0.3, -0.25) is 4.79 Å². The third kappa shape index (κ3) is 3.12. The first-order chi connectivity index (χ1) is 7.41. The molecule has 5 heteroatoms. The molecular formula is C11H16ClN3O. The summed E-state index contributed by atoms with van der Waals surface area (Å²) in [5.41, 5.74) is 7.00. The zero-order valence-electron chi connectivity index (χ0n) is 9.62. The van der Waals surface area contributed by atoms with Crippen LogP contribution in [0.2, 0.25) is 5.02 Å². The number of nitrogens with two attached hydrogens (primary N) is 1. The first-order valence-corrected chi connectivity index (χ1v) is 5.33. The minimum absolute atomic E-state index is 0.228. The molecule has 0 spiro atoms. The lowest BCUT2D eigenvalue weighted by atomic mass is 10.2. The number of carbonyl (C=O) groups excluding carboxylic acids is 1. The van der Waals surface area contributed by atoms with E-state index in [4.69, 9.17) is 17.3 Å². The van der Waals surface area contributed by atoms with Gasteiger partial charge in [0.1, 0.15) is 0 Å². The maximum absolute atomic E-state index is 11.4. The molecule has 88 valence electrons. The van der Waals surface area contributed by atoms with E-state index < -0.39 is 6.04 Å². The van der Waals surface area contributed by atoms with E-state index in [0.717, 1.165) is 5.69 Å². The average molecular weight is 242 g/mol. The Morgan fingerprint density at radius 2 is 2.12 bits per heavy atom. The summed E-state index contributed by atoms with van der Waals surface area (Å²) in [6.07, 6.45) is 0. The minimum Gasteiger partial charge on any atom is -0.376 e. The molecule has 0 fully saturated rings. The fourth-order valence-electron chi connectivity index (χ4n) is 1.20. The summed E-state index contributed by atoms with van der Waals surface area (Å²) in [6, 6.07) is 4.81. The number of hydrogen-bond acceptors (Lipinski definition) is 3. The number of rotatable bonds is 3. The number of anilines is 2. The maximum atomic E-state index is 11.4. The van der Waals surface area contributed by atoms with Crippen LogP contribution in [0.4, 0.5) is 11.4 Å². The van der Waals surface area contributed by atoms with Crippen LogP contribution in [0.1, 0.15) is 6.92 Å². The molecule has 0 unspecified atom stereocenters. The fourth-order valence-corrected chi connectivity index (χ4v) is 1.55. The second kappa shape index (κ2) is 5.18. The van der Waals surface area contributed by atoms with Gasteiger partial charge in [-0.15, -0.1) is 0 Å². The molecule has 0 aliphatic heterocycles. The quantitative estimate of drug-likeness (QED) is 0.847. The van der Waals surface area contributed by atoms with Gasteiger partial charge in [-0.05, 0) is 25.1 Å². The van der Waals surface area contributed by atoms with Gasteiger partial charge in [-0.1, -0.05) is 11.6 Å². The van der Waals surface area contributed by atoms with Gasteiger partial charge in [0, 0.05) is 19.8 Å². The Balaban J connectivity index is 2.85. The molecule has 1 atom stereocenters. The average Bonchev–Trinajstić information content (AvgIpc) is 2.16. The number of amides is 1. The number of benzene rings is 1. The van der Waals surface area contributed by atoms with Crippen molar-refractivity contribution in [3.63, 3.8) is 0 Å². The van der Waals surface area contributed by atoms with Crippen molar-refractivity contribution in [1.29, 1.82) is 0 Å². The monoisotopic (exact) mass is 241 g/mol. The first kappa shape index (κ1) is 12.8. The lowest BCUT2D eigenvalue weighted by molar-refractivity contribution is -0.117. The Hall–Kier alpha value is -1.26. The smallest absolute Gasteiger partial charge is 0.240 e. The van der Waals surface area contributed by atoms with Crippen LogP contribution in [-0.4, -0.2) is 26.0 Å². The van der Waals surface area contributed by atoms with E-state index in [1.54, 1.807) is 19.1 Å². The highest BCUT2D eigenvalue weighted by Gasteiger charge is 2.09. The van der Waals surface area contributed by atoms with Crippen LogP contribution >= 0.6 is 11.6 Å². The van der Waals surface area contributed by atoms with Gasteiger partial charge >= 0.3 is 0 Å². The van der Waals surface area contributed by atoms with Crippen molar-refractivity contribution in [2.24, 2.45) is 5.73 Å². The second-order valence-corrected chi connectivity index (χ2v) is 4.25. The van der Waals surface area contributed by atoms with E-state index in [9.17, 15) is 4.79 Å². The van der Waals surface area contributed by atoms with Crippen LogP contribution < -0.4 is 16.0 Å². The summed E-state index contributed by atoms with van der Waals surface area (Å²) in [5, 5.41) is 3.27. The Morgan fingerprint density at radius 1 is 1.50 bits per heavy atom. The van der Waals surface area contributed by atoms with Crippen molar-refractivity contribution >= 4 is 28.9 Å². The molecule has 0 radical (unpaired) electrons. The molecule has 0 saturated carbocycles. The largest absolute Gasteiger partial charge is 0.376 e. The van der Waals surface area contributed by atoms with E-state index in [-0.39, 0.29) is 5.91 Å². The zero-order valence-corrected chi connectivity index (χ0v) is 10.4. The van der Waals surface area contributed by atoms with Crippen LogP contribution in [0.3, 0.4) is 0 Å². The molecule has 1 amide bonds. The number of hydrogen-bond donors (Lipinski definition) is 2. The van der Waals surface area contributed by atoms with Crippen LogP contribution in [0.25, 0.3) is 0 Å². The summed E-state index contributed by atoms with van der Waals surface area (Å²) in [4.78, 5) is 13.3. The molecule has 0 saturated heterocycles. The van der Waals surface area contributed by atoms with E-state index in [1.165, 1.54) is 0 Å². The minimum atomic E-state index is -0.535. The highest BCUT2D eigenvalue weighted by atomic mass is 35.5. The maximum Gasteiger partial charge on any atom is 0.240 e. The Kier molecular flexibility index (Phi) is 4.15. The lowest BCUT2D eigenvalue weighted by Crippen LogP contribution is -2.32. The topological polar surface area (TPSA) is 58.4 Å². The molecule has 1 rings (SSSR count). The number of carbonyl (C=O) groups is 1. The van der Waals surface area contributed by atoms with Crippen molar-refractivity contribution in [2.75, 3.05) is 24.3 Å². The molecule has 1 aromatic carbocycles. The third-order valence-electron chi connectivity index (χ3n) is 2.11. The van der Waals surface area contributed by atoms with Crippen LogP contribution in [-0.2, 0) is 4.79 Å². The Bertz CT molecular complexity index is 391. The highest BCUT2D eigenvalue weighted by molar-refractivity contribution is 6.33. The van der Waals surface area contributed by atoms with Crippen molar-refractivity contribution in [2.45, 2.75) is 13.0 Å². The number of halogens is 1. The van der Waals surface area contributed by atoms with Crippen molar-refractivity contribution in [3.05, 3.63) is 23.2 Å². The van der Waals surface area contributed by atoms with Gasteiger partial charge in [-0.25, -0.2) is 0 Å². The van der Waals surface area contributed by atoms with Gasteiger partial charge in [0.2, 0.25) is 5.91 Å². The fraction of sp³-hybridized carbons (Fsp3) is 0.364. The molecule has 0 aliphatic rings. The summed E-state index contributed by atoms with van der Waals surface area (Å²) >= 11 is 6.06. The molecule has 0 aromatic heterocycles. The van der Waals surface area contributed by atoms with E-state index >= 15 is 0 Å². The summed E-state index contributed by atoms with van der Waals surface area (Å²) in [6.45, 7) is 1.63. The van der Waals surface area contributed by atoms with Gasteiger partial charge in [0.05, 0.1) is 16.8 Å². The summed E-state index contributed by atoms with van der Waals surface area (Å²) < 4.78 is 0. The van der Waals surface area contributed by atoms with Crippen molar-refractivity contribution in [3.8, 4) is 0 Å². The third-order valence-corrected chi connectivity index (χ3v) is 2.41. The second-order valence-electron chi connectivity index (χ2n) is 3.84. The Morgan fingerprint density at radius 3 is 2.56 bits per heavy atom. The van der Waals surface area contributed by atoms with Crippen LogP contribution in [0, 0.1) is 0 Å². The molecule has 1 aromatic rings. The SMILES string of the molecule is C[C@H](N)C(=O)Nc1ccc(N(C)C)c(Cl)c1. The van der Waals surface area contributed by atoms with Crippen molar-refractivity contribution in [1.82, 2.24) is 0 Å². The highest BCUT2D eigenvalue weighted by Crippen LogP contribution is 2.27. The first-order valence-electron chi connectivity index (χ1n) is 4.95. The summed E-state index contributed by atoms with van der Waals surface area (Å²) in [7, 11) is 3.81. The van der Waals surface area contributed by atoms with Gasteiger partial charge in [0.15, 0.2) is 0 Å². The number of nitrogens with zero attached hydrogens (tertiary/aromatic N) is 1. The number of nitrogens with one attached hydrogen (secondary N) is 1. The van der Waals surface area contributed by atoms with E-state index in [0.29, 0.717) is 10.7 Å². The van der Waals surface area contributed by atoms with Gasteiger partial charge in [-0.2, -0.15) is 0 Å². The van der Waals surface area contributed by atoms with E-state index in [2.05, 4.69) is 5.32 Å². The molecule has 0 heterocycles. The molecular weight excluding hydrogens is 226 g/mol. The van der Waals surface area contributed by atoms with Crippen LogP contribution in [0.5, 0.6) is 0 Å². The molecule has 3 N–H and O–H groups in total. The molecule has 0 bridgehead atoms. The lowest BCUT2D eigenvalue weighted by Gasteiger charge is -2.15. The normalized spacial score (nSPS) is 12.1. The molecule has 4 nitrogen and oxygen atoms in total. The predicted octanol–water partition coefficient (Wildman–Crippen LogP) is 1.69. The van der Waals surface area contributed by atoms with Gasteiger partial charge < -0.3 is 16.0 Å². The standard InChI is InChI=1S/C11H16ClN3O/c1-7(13)11(16)14-8-4-5-10(15(2)3)9(12)6-8/h4-7H,13H2,1-3H3,(H,14,16)/t7-/m0/s1. The summed E-state index contributed by atoms with van der Waals surface area (Å²) in [5.74, 6) is -0.228. The van der Waals surface area contributed by atoms with Gasteiger partial charge in [0.25, 0.3) is 0 Å². The molecule has 0 aliphatic carbocycles. The predicted molar refractivity (Wildman–Crippen MR) is 68.1 cm³/mol. The van der Waals surface area contributed by atoms with E-state index in [1.807, 2.05) is 25.1 Å². The van der Waals surface area contributed by atoms with Crippen LogP contribution in [0.15, 0.2) is 18.2 Å². The zero-order chi connectivity index (χ0) is 12.3. The van der Waals surface area contributed by atoms with Crippen molar-refractivity contribution < 1.29 is 4.79 Å². The molecule has 16 heavy (non-hydrogen) atoms.